The molecule has 0 unspecified atom stereocenters. The zero-order chi connectivity index (χ0) is 12.6. The molecule has 0 aromatic carbocycles. The summed E-state index contributed by atoms with van der Waals surface area (Å²) < 4.78 is 4.90. The molecule has 0 aliphatic carbocycles. The van der Waals surface area contributed by atoms with Crippen LogP contribution in [0.2, 0.25) is 0 Å². The van der Waals surface area contributed by atoms with Crippen molar-refractivity contribution in [2.24, 2.45) is 5.41 Å². The number of nitriles is 1. The van der Waals surface area contributed by atoms with Crippen molar-refractivity contribution in [2.45, 2.75) is 34.1 Å². The third-order valence-electron chi connectivity index (χ3n) is 1.90. The zero-order valence-corrected chi connectivity index (χ0v) is 10.7. The summed E-state index contributed by atoms with van der Waals surface area (Å²) in [5.74, 6) is -0.218. The number of carbonyl (C=O) groups excluding carboxylic acids is 1. The van der Waals surface area contributed by atoms with Gasteiger partial charge in [0.15, 0.2) is 0 Å². The SMILES string of the molecule is CCOC(=O)CN(CCC#N)CC(C)(C)C. The number of hydrogen-bond acceptors (Lipinski definition) is 4. The predicted octanol–water partition coefficient (Wildman–Crippen LogP) is 1.81. The predicted molar refractivity (Wildman–Crippen MR) is 62.8 cm³/mol. The first-order valence-electron chi connectivity index (χ1n) is 5.64. The van der Waals surface area contributed by atoms with Gasteiger partial charge in [0.25, 0.3) is 0 Å². The van der Waals surface area contributed by atoms with Crippen molar-refractivity contribution >= 4 is 5.97 Å². The minimum Gasteiger partial charge on any atom is -0.465 e. The van der Waals surface area contributed by atoms with Gasteiger partial charge in [0.05, 0.1) is 19.2 Å². The number of carbonyl (C=O) groups is 1. The van der Waals surface area contributed by atoms with Crippen LogP contribution >= 0.6 is 0 Å². The molecule has 0 radical (unpaired) electrons. The van der Waals surface area contributed by atoms with E-state index in [0.717, 1.165) is 6.54 Å². The first-order valence-corrected chi connectivity index (χ1v) is 5.64. The molecule has 0 fully saturated rings. The van der Waals surface area contributed by atoms with Crippen LogP contribution in [0.3, 0.4) is 0 Å². The van der Waals surface area contributed by atoms with Gasteiger partial charge in [-0.15, -0.1) is 0 Å². The summed E-state index contributed by atoms with van der Waals surface area (Å²) in [6, 6.07) is 2.10. The Morgan fingerprint density at radius 1 is 1.44 bits per heavy atom. The third-order valence-corrected chi connectivity index (χ3v) is 1.90. The number of hydrogen-bond donors (Lipinski definition) is 0. The fourth-order valence-electron chi connectivity index (χ4n) is 1.48. The van der Waals surface area contributed by atoms with Crippen molar-refractivity contribution in [1.29, 1.82) is 5.26 Å². The van der Waals surface area contributed by atoms with Crippen molar-refractivity contribution in [3.8, 4) is 6.07 Å². The average Bonchev–Trinajstić information content (AvgIpc) is 2.12. The molecule has 0 atom stereocenters. The largest absolute Gasteiger partial charge is 0.465 e. The lowest BCUT2D eigenvalue weighted by atomic mass is 9.96. The summed E-state index contributed by atoms with van der Waals surface area (Å²) in [5.41, 5.74) is 0.113. The van der Waals surface area contributed by atoms with Crippen LogP contribution in [0.25, 0.3) is 0 Å². The van der Waals surface area contributed by atoms with Gasteiger partial charge < -0.3 is 4.74 Å². The van der Waals surface area contributed by atoms with Crippen LogP contribution in [0.5, 0.6) is 0 Å². The lowest BCUT2D eigenvalue weighted by molar-refractivity contribution is -0.144. The molecule has 0 N–H and O–H groups in total. The second kappa shape index (κ2) is 7.24. The van der Waals surface area contributed by atoms with E-state index in [-0.39, 0.29) is 17.9 Å². The topological polar surface area (TPSA) is 53.3 Å². The Morgan fingerprint density at radius 2 is 2.06 bits per heavy atom. The highest BCUT2D eigenvalue weighted by molar-refractivity contribution is 5.71. The highest BCUT2D eigenvalue weighted by Gasteiger charge is 2.18. The Labute approximate surface area is 98.2 Å². The molecule has 4 nitrogen and oxygen atoms in total. The van der Waals surface area contributed by atoms with Crippen LogP contribution < -0.4 is 0 Å². The Balaban J connectivity index is 4.21. The molecule has 0 bridgehead atoms. The second-order valence-corrected chi connectivity index (χ2v) is 4.98. The van der Waals surface area contributed by atoms with E-state index in [1.165, 1.54) is 0 Å². The van der Waals surface area contributed by atoms with Crippen molar-refractivity contribution in [2.75, 3.05) is 26.2 Å². The lowest BCUT2D eigenvalue weighted by Gasteiger charge is -2.28. The van der Waals surface area contributed by atoms with Gasteiger partial charge in [-0.25, -0.2) is 0 Å². The van der Waals surface area contributed by atoms with Gasteiger partial charge in [-0.3, -0.25) is 9.69 Å². The maximum Gasteiger partial charge on any atom is 0.320 e. The van der Waals surface area contributed by atoms with E-state index in [1.54, 1.807) is 6.92 Å². The standard InChI is InChI=1S/C12H22N2O2/c1-5-16-11(15)9-14(8-6-7-13)10-12(2,3)4/h5-6,8-10H2,1-4H3. The fraction of sp³-hybridized carbons (Fsp3) is 0.833. The molecule has 0 amide bonds. The smallest absolute Gasteiger partial charge is 0.320 e. The van der Waals surface area contributed by atoms with Crippen LogP contribution in [0.1, 0.15) is 34.1 Å². The molecule has 0 aromatic rings. The normalized spacial score (nSPS) is 11.2. The van der Waals surface area contributed by atoms with E-state index < -0.39 is 0 Å². The quantitative estimate of drug-likeness (QED) is 0.648. The molecule has 16 heavy (non-hydrogen) atoms. The molecular formula is C12H22N2O2. The maximum atomic E-state index is 11.4. The minimum absolute atomic E-state index is 0.113. The molecular weight excluding hydrogens is 204 g/mol. The van der Waals surface area contributed by atoms with E-state index in [9.17, 15) is 4.79 Å². The molecule has 0 spiro atoms. The van der Waals surface area contributed by atoms with E-state index in [1.807, 2.05) is 4.90 Å². The molecule has 0 saturated heterocycles. The van der Waals surface area contributed by atoms with Crippen molar-refractivity contribution in [1.82, 2.24) is 4.90 Å². The van der Waals surface area contributed by atoms with Crippen LogP contribution in [-0.2, 0) is 9.53 Å². The van der Waals surface area contributed by atoms with Crippen LogP contribution in [0, 0.1) is 16.7 Å². The van der Waals surface area contributed by atoms with E-state index >= 15 is 0 Å². The zero-order valence-electron chi connectivity index (χ0n) is 10.7. The molecule has 0 aromatic heterocycles. The summed E-state index contributed by atoms with van der Waals surface area (Å²) in [6.07, 6.45) is 0.440. The van der Waals surface area contributed by atoms with E-state index in [4.69, 9.17) is 10.00 Å². The average molecular weight is 226 g/mol. The van der Waals surface area contributed by atoms with Gasteiger partial charge in [-0.1, -0.05) is 20.8 Å². The molecule has 0 heterocycles. The molecule has 0 rings (SSSR count). The monoisotopic (exact) mass is 226 g/mol. The molecule has 92 valence electrons. The molecule has 0 aliphatic rings. The van der Waals surface area contributed by atoms with Crippen LogP contribution in [0.4, 0.5) is 0 Å². The minimum atomic E-state index is -0.218. The van der Waals surface area contributed by atoms with Crippen LogP contribution in [0.15, 0.2) is 0 Å². The summed E-state index contributed by atoms with van der Waals surface area (Å²) in [4.78, 5) is 13.3. The Kier molecular flexibility index (Phi) is 6.75. The Morgan fingerprint density at radius 3 is 2.50 bits per heavy atom. The number of ether oxygens (including phenoxy) is 1. The Hall–Kier alpha value is -1.08. The first-order chi connectivity index (χ1) is 7.39. The van der Waals surface area contributed by atoms with E-state index in [0.29, 0.717) is 19.6 Å². The number of rotatable bonds is 6. The molecule has 0 saturated carbocycles. The van der Waals surface area contributed by atoms with Crippen LogP contribution in [-0.4, -0.2) is 37.1 Å². The summed E-state index contributed by atoms with van der Waals surface area (Å²) >= 11 is 0. The maximum absolute atomic E-state index is 11.4. The second-order valence-electron chi connectivity index (χ2n) is 4.98. The first kappa shape index (κ1) is 14.9. The molecule has 0 aliphatic heterocycles. The summed E-state index contributed by atoms with van der Waals surface area (Å²) in [5, 5.41) is 8.56. The van der Waals surface area contributed by atoms with E-state index in [2.05, 4.69) is 26.8 Å². The van der Waals surface area contributed by atoms with Gasteiger partial charge in [0, 0.05) is 19.5 Å². The van der Waals surface area contributed by atoms with Gasteiger partial charge >= 0.3 is 5.97 Å². The van der Waals surface area contributed by atoms with Crippen molar-refractivity contribution < 1.29 is 9.53 Å². The Bertz CT molecular complexity index is 251. The number of esters is 1. The van der Waals surface area contributed by atoms with Gasteiger partial charge in [-0.05, 0) is 12.3 Å². The third kappa shape index (κ3) is 8.25. The fourth-order valence-corrected chi connectivity index (χ4v) is 1.48. The van der Waals surface area contributed by atoms with Gasteiger partial charge in [0.1, 0.15) is 0 Å². The lowest BCUT2D eigenvalue weighted by Crippen LogP contribution is -2.37. The summed E-state index contributed by atoms with van der Waals surface area (Å²) in [6.45, 7) is 10.2. The van der Waals surface area contributed by atoms with Gasteiger partial charge in [-0.2, -0.15) is 5.26 Å². The van der Waals surface area contributed by atoms with Gasteiger partial charge in [0.2, 0.25) is 0 Å². The van der Waals surface area contributed by atoms with Crippen molar-refractivity contribution in [3.63, 3.8) is 0 Å². The highest BCUT2D eigenvalue weighted by atomic mass is 16.5. The summed E-state index contributed by atoms with van der Waals surface area (Å²) in [7, 11) is 0. The van der Waals surface area contributed by atoms with Crippen molar-refractivity contribution in [3.05, 3.63) is 0 Å². The number of nitrogens with zero attached hydrogens (tertiary/aromatic N) is 2. The molecule has 4 heteroatoms. The highest BCUT2D eigenvalue weighted by Crippen LogP contribution is 2.15.